The quantitative estimate of drug-likeness (QED) is 0.654. The number of aromatic nitrogens is 1. The lowest BCUT2D eigenvalue weighted by molar-refractivity contribution is -0.150. The van der Waals surface area contributed by atoms with Crippen molar-refractivity contribution in [3.05, 3.63) is 59.4 Å². The number of carbonyl (C=O) groups is 2. The molecule has 0 fully saturated rings. The van der Waals surface area contributed by atoms with E-state index in [4.69, 9.17) is 9.84 Å². The van der Waals surface area contributed by atoms with Crippen LogP contribution in [0.15, 0.2) is 42.5 Å². The summed E-state index contributed by atoms with van der Waals surface area (Å²) < 4.78 is 7.30. The number of ketones is 1. The number of fused-ring (bicyclic) bond motifs is 1. The average Bonchev–Trinajstić information content (AvgIpc) is 3.16. The van der Waals surface area contributed by atoms with Crippen LogP contribution in [-0.2, 0) is 16.1 Å². The lowest BCUT2D eigenvalue weighted by Crippen LogP contribution is -2.21. The molecule has 1 aromatic carbocycles. The van der Waals surface area contributed by atoms with Crippen LogP contribution in [0.1, 0.15) is 47.4 Å². The molecule has 2 atom stereocenters. The van der Waals surface area contributed by atoms with Gasteiger partial charge in [-0.05, 0) is 25.5 Å². The zero-order chi connectivity index (χ0) is 17.1. The first-order valence-electron chi connectivity index (χ1n) is 8.22. The third-order valence-corrected chi connectivity index (χ3v) is 4.42. The fraction of sp³-hybridized carbons (Fsp3) is 0.368. The number of hydrogen-bond acceptors (Lipinski definition) is 4. The van der Waals surface area contributed by atoms with Crippen LogP contribution < -0.4 is 0 Å². The van der Waals surface area contributed by atoms with E-state index in [0.717, 1.165) is 5.69 Å². The summed E-state index contributed by atoms with van der Waals surface area (Å²) in [6, 6.07) is 12.7. The molecule has 3 rings (SSSR count). The number of rotatable bonds is 6. The van der Waals surface area contributed by atoms with Crippen LogP contribution in [0.3, 0.4) is 0 Å². The van der Waals surface area contributed by atoms with Gasteiger partial charge in [-0.2, -0.15) is 0 Å². The summed E-state index contributed by atoms with van der Waals surface area (Å²) in [7, 11) is 0. The number of benzene rings is 1. The minimum atomic E-state index is -0.344. The third kappa shape index (κ3) is 3.12. The molecule has 1 N–H and O–H groups in total. The molecule has 5 heteroatoms. The number of aliphatic hydroxyl groups excluding tert-OH is 1. The molecular formula is C19H21NO4. The highest BCUT2D eigenvalue weighted by Gasteiger charge is 2.33. The van der Waals surface area contributed by atoms with Crippen LogP contribution in [0.2, 0.25) is 0 Å². The number of carbonyl (C=O) groups excluding carboxylic acids is 2. The summed E-state index contributed by atoms with van der Waals surface area (Å²) in [6.07, 6.45) is 0.754. The minimum absolute atomic E-state index is 0.00871. The first-order valence-corrected chi connectivity index (χ1v) is 8.22. The van der Waals surface area contributed by atoms with E-state index >= 15 is 0 Å². The molecule has 0 spiro atoms. The monoisotopic (exact) mass is 327 g/mol. The Kier molecular flexibility index (Phi) is 4.81. The Bertz CT molecular complexity index is 735. The Morgan fingerprint density at radius 2 is 2.00 bits per heavy atom. The molecule has 24 heavy (non-hydrogen) atoms. The molecule has 2 unspecified atom stereocenters. The summed E-state index contributed by atoms with van der Waals surface area (Å²) >= 11 is 0. The lowest BCUT2D eigenvalue weighted by Gasteiger charge is -2.15. The largest absolute Gasteiger partial charge is 0.462 e. The van der Waals surface area contributed by atoms with Crippen molar-refractivity contribution in [1.82, 2.24) is 4.57 Å². The van der Waals surface area contributed by atoms with Crippen molar-refractivity contribution in [2.75, 3.05) is 6.61 Å². The second kappa shape index (κ2) is 7.01. The molecule has 0 saturated carbocycles. The minimum Gasteiger partial charge on any atom is -0.462 e. The van der Waals surface area contributed by atoms with Gasteiger partial charge in [0.05, 0.1) is 11.6 Å². The smallest absolute Gasteiger partial charge is 0.315 e. The van der Waals surface area contributed by atoms with Crippen LogP contribution in [0.25, 0.3) is 0 Å². The normalized spacial score (nSPS) is 17.3. The first-order chi connectivity index (χ1) is 11.6. The van der Waals surface area contributed by atoms with Crippen molar-refractivity contribution in [1.29, 1.82) is 0 Å². The van der Waals surface area contributed by atoms with Crippen molar-refractivity contribution < 1.29 is 19.4 Å². The highest BCUT2D eigenvalue weighted by Crippen LogP contribution is 2.32. The van der Waals surface area contributed by atoms with Gasteiger partial charge in [0.1, 0.15) is 6.10 Å². The number of ether oxygens (including phenoxy) is 1. The topological polar surface area (TPSA) is 68.5 Å². The van der Waals surface area contributed by atoms with Crippen molar-refractivity contribution in [3.63, 3.8) is 0 Å². The van der Waals surface area contributed by atoms with E-state index in [2.05, 4.69) is 0 Å². The van der Waals surface area contributed by atoms with Gasteiger partial charge in [-0.3, -0.25) is 9.59 Å². The standard InChI is InChI=1S/C19H21NO4/c1-13(10-12-21)24-19(23)15-9-11-20-16(15)7-8-17(20)18(22)14-5-3-2-4-6-14/h2-8,13,15,21H,9-12H2,1H3. The third-order valence-electron chi connectivity index (χ3n) is 4.42. The van der Waals surface area contributed by atoms with E-state index < -0.39 is 0 Å². The van der Waals surface area contributed by atoms with E-state index in [1.54, 1.807) is 25.1 Å². The molecule has 2 aromatic rings. The van der Waals surface area contributed by atoms with E-state index in [0.29, 0.717) is 30.6 Å². The van der Waals surface area contributed by atoms with Crippen molar-refractivity contribution in [3.8, 4) is 0 Å². The van der Waals surface area contributed by atoms with Crippen LogP contribution in [0.4, 0.5) is 0 Å². The van der Waals surface area contributed by atoms with Gasteiger partial charge >= 0.3 is 5.97 Å². The molecule has 0 saturated heterocycles. The van der Waals surface area contributed by atoms with Gasteiger partial charge in [0, 0.05) is 30.8 Å². The fourth-order valence-electron chi connectivity index (χ4n) is 3.14. The van der Waals surface area contributed by atoms with Gasteiger partial charge in [0.2, 0.25) is 5.78 Å². The van der Waals surface area contributed by atoms with Gasteiger partial charge in [0.25, 0.3) is 0 Å². The molecule has 1 aromatic heterocycles. The lowest BCUT2D eigenvalue weighted by atomic mass is 10.0. The molecular weight excluding hydrogens is 306 g/mol. The number of aliphatic hydroxyl groups is 1. The molecule has 1 aliphatic rings. The Morgan fingerprint density at radius 1 is 1.25 bits per heavy atom. The van der Waals surface area contributed by atoms with Gasteiger partial charge in [-0.15, -0.1) is 0 Å². The Labute approximate surface area is 140 Å². The van der Waals surface area contributed by atoms with E-state index in [1.165, 1.54) is 0 Å². The van der Waals surface area contributed by atoms with E-state index in [1.807, 2.05) is 28.8 Å². The maximum atomic E-state index is 12.6. The molecule has 126 valence electrons. The predicted molar refractivity (Wildman–Crippen MR) is 88.9 cm³/mol. The van der Waals surface area contributed by atoms with Crippen LogP contribution in [0.5, 0.6) is 0 Å². The van der Waals surface area contributed by atoms with Crippen LogP contribution in [0, 0.1) is 0 Å². The molecule has 0 amide bonds. The molecule has 0 bridgehead atoms. The highest BCUT2D eigenvalue weighted by atomic mass is 16.5. The van der Waals surface area contributed by atoms with Crippen molar-refractivity contribution >= 4 is 11.8 Å². The summed E-state index contributed by atoms with van der Waals surface area (Å²) in [5, 5.41) is 8.91. The Balaban J connectivity index is 1.78. The molecule has 5 nitrogen and oxygen atoms in total. The van der Waals surface area contributed by atoms with Crippen LogP contribution in [-0.4, -0.2) is 34.1 Å². The maximum absolute atomic E-state index is 12.6. The van der Waals surface area contributed by atoms with Gasteiger partial charge in [-0.1, -0.05) is 30.3 Å². The molecule has 0 aliphatic carbocycles. The Hall–Kier alpha value is -2.40. The summed E-state index contributed by atoms with van der Waals surface area (Å²) in [5.41, 5.74) is 2.08. The van der Waals surface area contributed by atoms with E-state index in [-0.39, 0.29) is 30.4 Å². The number of esters is 1. The van der Waals surface area contributed by atoms with Crippen LogP contribution >= 0.6 is 0 Å². The van der Waals surface area contributed by atoms with Crippen molar-refractivity contribution in [2.45, 2.75) is 38.3 Å². The molecule has 2 heterocycles. The van der Waals surface area contributed by atoms with Gasteiger partial charge in [-0.25, -0.2) is 0 Å². The highest BCUT2D eigenvalue weighted by molar-refractivity contribution is 6.08. The zero-order valence-corrected chi connectivity index (χ0v) is 13.6. The summed E-state index contributed by atoms with van der Waals surface area (Å²) in [4.78, 5) is 25.0. The number of hydrogen-bond donors (Lipinski definition) is 1. The van der Waals surface area contributed by atoms with E-state index in [9.17, 15) is 9.59 Å². The predicted octanol–water partition coefficient (Wildman–Crippen LogP) is 2.52. The second-order valence-corrected chi connectivity index (χ2v) is 6.09. The number of nitrogens with zero attached hydrogens (tertiary/aromatic N) is 1. The summed E-state index contributed by atoms with van der Waals surface area (Å²) in [5.74, 6) is -0.667. The average molecular weight is 327 g/mol. The van der Waals surface area contributed by atoms with Gasteiger partial charge < -0.3 is 14.4 Å². The fourth-order valence-corrected chi connectivity index (χ4v) is 3.14. The second-order valence-electron chi connectivity index (χ2n) is 6.09. The SMILES string of the molecule is CC(CCO)OC(=O)C1CCn2c(C(=O)c3ccccc3)ccc21. The summed E-state index contributed by atoms with van der Waals surface area (Å²) in [6.45, 7) is 2.39. The Morgan fingerprint density at radius 3 is 2.71 bits per heavy atom. The molecule has 0 radical (unpaired) electrons. The maximum Gasteiger partial charge on any atom is 0.315 e. The van der Waals surface area contributed by atoms with Gasteiger partial charge in [0.15, 0.2) is 0 Å². The zero-order valence-electron chi connectivity index (χ0n) is 13.6. The first kappa shape index (κ1) is 16.5. The molecule has 1 aliphatic heterocycles. The van der Waals surface area contributed by atoms with Crippen molar-refractivity contribution in [2.24, 2.45) is 0 Å².